The van der Waals surface area contributed by atoms with Gasteiger partial charge in [-0.25, -0.2) is 0 Å². The van der Waals surface area contributed by atoms with Gasteiger partial charge in [-0.3, -0.25) is 4.79 Å². The van der Waals surface area contributed by atoms with Crippen LogP contribution in [0.1, 0.15) is 18.4 Å². The van der Waals surface area contributed by atoms with Gasteiger partial charge in [-0.2, -0.15) is 0 Å². The molecule has 20 heavy (non-hydrogen) atoms. The van der Waals surface area contributed by atoms with E-state index in [1.807, 2.05) is 19.1 Å². The summed E-state index contributed by atoms with van der Waals surface area (Å²) < 4.78 is 5.51. The third kappa shape index (κ3) is 4.85. The zero-order chi connectivity index (χ0) is 13.7. The lowest BCUT2D eigenvalue weighted by molar-refractivity contribution is -0.123. The molecule has 1 saturated heterocycles. The quantitative estimate of drug-likeness (QED) is 0.895. The van der Waals surface area contributed by atoms with Crippen molar-refractivity contribution < 1.29 is 9.53 Å². The Morgan fingerprint density at radius 3 is 2.85 bits per heavy atom. The monoisotopic (exact) mass is 318 g/mol. The highest BCUT2D eigenvalue weighted by atomic mass is 35.5. The molecule has 6 heteroatoms. The molecule has 0 atom stereocenters. The topological polar surface area (TPSA) is 50.4 Å². The van der Waals surface area contributed by atoms with Gasteiger partial charge in [0.25, 0.3) is 5.91 Å². The first-order valence-corrected chi connectivity index (χ1v) is 6.92. The number of nitrogens with one attached hydrogen (secondary N) is 2. The normalized spacial score (nSPS) is 15.3. The molecule has 1 fully saturated rings. The van der Waals surface area contributed by atoms with Gasteiger partial charge in [0.1, 0.15) is 5.75 Å². The van der Waals surface area contributed by atoms with Crippen LogP contribution in [0.2, 0.25) is 5.02 Å². The molecule has 1 aliphatic rings. The lowest BCUT2D eigenvalue weighted by atomic mass is 10.1. The summed E-state index contributed by atoms with van der Waals surface area (Å²) in [5.41, 5.74) is 0.860. The van der Waals surface area contributed by atoms with Crippen molar-refractivity contribution in [3.63, 3.8) is 0 Å². The molecule has 1 aromatic rings. The van der Waals surface area contributed by atoms with Crippen molar-refractivity contribution in [1.29, 1.82) is 0 Å². The second-order valence-corrected chi connectivity index (χ2v) is 5.15. The van der Waals surface area contributed by atoms with Gasteiger partial charge in [-0.15, -0.1) is 12.4 Å². The van der Waals surface area contributed by atoms with Crippen LogP contribution in [-0.4, -0.2) is 31.6 Å². The van der Waals surface area contributed by atoms with Crippen molar-refractivity contribution in [3.8, 4) is 5.75 Å². The van der Waals surface area contributed by atoms with Crippen LogP contribution < -0.4 is 15.4 Å². The molecule has 0 unspecified atom stereocenters. The van der Waals surface area contributed by atoms with Crippen LogP contribution in [0.5, 0.6) is 5.75 Å². The summed E-state index contributed by atoms with van der Waals surface area (Å²) in [4.78, 5) is 11.8. The first-order chi connectivity index (χ1) is 9.16. The fourth-order valence-electron chi connectivity index (χ4n) is 2.12. The highest BCUT2D eigenvalue weighted by molar-refractivity contribution is 6.31. The predicted octanol–water partition coefficient (Wildman–Crippen LogP) is 2.32. The van der Waals surface area contributed by atoms with Crippen LogP contribution in [0.3, 0.4) is 0 Å². The van der Waals surface area contributed by atoms with Crippen molar-refractivity contribution >= 4 is 29.9 Å². The number of halogens is 2. The molecule has 0 aromatic heterocycles. The van der Waals surface area contributed by atoms with Crippen LogP contribution >= 0.6 is 24.0 Å². The molecule has 0 spiro atoms. The standard InChI is InChI=1S/C14H19ClN2O2.ClH/c1-10-12(15)3-2-4-13(10)19-9-14(18)17-11-5-7-16-8-6-11;/h2-4,11,16H,5-9H2,1H3,(H,17,18);1H. The predicted molar refractivity (Wildman–Crippen MR) is 83.0 cm³/mol. The number of carbonyl (C=O) groups excluding carboxylic acids is 1. The summed E-state index contributed by atoms with van der Waals surface area (Å²) in [5, 5.41) is 6.90. The Balaban J connectivity index is 0.00000200. The molecule has 0 saturated carbocycles. The van der Waals surface area contributed by atoms with E-state index in [0.717, 1.165) is 31.5 Å². The molecule has 1 heterocycles. The third-order valence-corrected chi connectivity index (χ3v) is 3.69. The maximum atomic E-state index is 11.8. The third-order valence-electron chi connectivity index (χ3n) is 3.28. The first-order valence-electron chi connectivity index (χ1n) is 6.55. The van der Waals surface area contributed by atoms with Gasteiger partial charge < -0.3 is 15.4 Å². The molecular weight excluding hydrogens is 299 g/mol. The molecule has 1 aliphatic heterocycles. The number of amides is 1. The van der Waals surface area contributed by atoms with Crippen molar-refractivity contribution in [2.75, 3.05) is 19.7 Å². The SMILES string of the molecule is Cc1c(Cl)cccc1OCC(=O)NC1CCNCC1.Cl. The fraction of sp³-hybridized carbons (Fsp3) is 0.500. The Hall–Kier alpha value is -0.970. The Morgan fingerprint density at radius 1 is 1.45 bits per heavy atom. The molecule has 0 radical (unpaired) electrons. The molecular formula is C14H20Cl2N2O2. The Morgan fingerprint density at radius 2 is 2.15 bits per heavy atom. The van der Waals surface area contributed by atoms with Crippen molar-refractivity contribution in [3.05, 3.63) is 28.8 Å². The van der Waals surface area contributed by atoms with Gasteiger partial charge in [-0.05, 0) is 45.0 Å². The van der Waals surface area contributed by atoms with E-state index in [0.29, 0.717) is 10.8 Å². The summed E-state index contributed by atoms with van der Waals surface area (Å²) in [7, 11) is 0. The number of hydrogen-bond donors (Lipinski definition) is 2. The Labute approximate surface area is 130 Å². The van der Waals surface area contributed by atoms with E-state index in [2.05, 4.69) is 10.6 Å². The van der Waals surface area contributed by atoms with E-state index in [4.69, 9.17) is 16.3 Å². The van der Waals surface area contributed by atoms with E-state index >= 15 is 0 Å². The first kappa shape index (κ1) is 17.1. The minimum absolute atomic E-state index is 0. The molecule has 4 nitrogen and oxygen atoms in total. The van der Waals surface area contributed by atoms with Gasteiger partial charge >= 0.3 is 0 Å². The molecule has 1 aromatic carbocycles. The number of benzene rings is 1. The van der Waals surface area contributed by atoms with Crippen molar-refractivity contribution in [2.45, 2.75) is 25.8 Å². The largest absolute Gasteiger partial charge is 0.483 e. The average Bonchev–Trinajstić information content (AvgIpc) is 2.42. The zero-order valence-corrected chi connectivity index (χ0v) is 13.0. The smallest absolute Gasteiger partial charge is 0.258 e. The van der Waals surface area contributed by atoms with Crippen LogP contribution in [0.4, 0.5) is 0 Å². The van der Waals surface area contributed by atoms with Gasteiger partial charge in [0, 0.05) is 16.6 Å². The summed E-state index contributed by atoms with van der Waals surface area (Å²) in [6, 6.07) is 5.70. The molecule has 112 valence electrons. The molecule has 2 rings (SSSR count). The van der Waals surface area contributed by atoms with Crippen LogP contribution in [-0.2, 0) is 4.79 Å². The van der Waals surface area contributed by atoms with E-state index in [9.17, 15) is 4.79 Å². The summed E-state index contributed by atoms with van der Waals surface area (Å²) >= 11 is 6.00. The zero-order valence-electron chi connectivity index (χ0n) is 11.4. The van der Waals surface area contributed by atoms with Crippen LogP contribution in [0.25, 0.3) is 0 Å². The maximum absolute atomic E-state index is 11.8. The van der Waals surface area contributed by atoms with E-state index < -0.39 is 0 Å². The molecule has 0 aliphatic carbocycles. The highest BCUT2D eigenvalue weighted by Gasteiger charge is 2.15. The number of piperidine rings is 1. The van der Waals surface area contributed by atoms with Gasteiger partial charge in [0.05, 0.1) is 0 Å². The second kappa shape index (κ2) is 8.35. The number of rotatable bonds is 4. The van der Waals surface area contributed by atoms with Crippen LogP contribution in [0.15, 0.2) is 18.2 Å². The van der Waals surface area contributed by atoms with E-state index in [1.54, 1.807) is 6.07 Å². The van der Waals surface area contributed by atoms with Gasteiger partial charge in [-0.1, -0.05) is 17.7 Å². The van der Waals surface area contributed by atoms with Gasteiger partial charge in [0.15, 0.2) is 6.61 Å². The van der Waals surface area contributed by atoms with E-state index in [-0.39, 0.29) is 31.0 Å². The summed E-state index contributed by atoms with van der Waals surface area (Å²) in [6.07, 6.45) is 1.95. The lowest BCUT2D eigenvalue weighted by Gasteiger charge is -2.23. The van der Waals surface area contributed by atoms with Crippen molar-refractivity contribution in [1.82, 2.24) is 10.6 Å². The second-order valence-electron chi connectivity index (χ2n) is 4.74. The Bertz CT molecular complexity index is 449. The maximum Gasteiger partial charge on any atom is 0.258 e. The minimum Gasteiger partial charge on any atom is -0.483 e. The van der Waals surface area contributed by atoms with E-state index in [1.165, 1.54) is 0 Å². The fourth-order valence-corrected chi connectivity index (χ4v) is 2.29. The Kier molecular flexibility index (Phi) is 7.13. The average molecular weight is 319 g/mol. The van der Waals surface area contributed by atoms with Gasteiger partial charge in [0.2, 0.25) is 0 Å². The molecule has 2 N–H and O–H groups in total. The highest BCUT2D eigenvalue weighted by Crippen LogP contribution is 2.24. The number of hydrogen-bond acceptors (Lipinski definition) is 3. The molecule has 0 bridgehead atoms. The minimum atomic E-state index is -0.0775. The number of carbonyl (C=O) groups is 1. The number of ether oxygens (including phenoxy) is 1. The summed E-state index contributed by atoms with van der Waals surface area (Å²) in [6.45, 7) is 3.83. The molecule has 1 amide bonds. The summed E-state index contributed by atoms with van der Waals surface area (Å²) in [5.74, 6) is 0.583. The lowest BCUT2D eigenvalue weighted by Crippen LogP contribution is -2.44. The van der Waals surface area contributed by atoms with Crippen LogP contribution in [0, 0.1) is 6.92 Å². The van der Waals surface area contributed by atoms with Crippen molar-refractivity contribution in [2.24, 2.45) is 0 Å².